The molecule has 0 radical (unpaired) electrons. The van der Waals surface area contributed by atoms with E-state index in [4.69, 9.17) is 0 Å². The standard InChI is InChI=1S/C16H25IN2/c1-12(2)19-9-4-5-15(8-10-19)18-16-7-6-14(17)11-13(16)3/h6-7,11-12,15,18H,4-5,8-10H2,1-3H3. The van der Waals surface area contributed by atoms with Crippen LogP contribution >= 0.6 is 22.6 Å². The summed E-state index contributed by atoms with van der Waals surface area (Å²) in [6, 6.07) is 7.97. The molecule has 1 N–H and O–H groups in total. The SMILES string of the molecule is Cc1cc(I)ccc1NC1CCCN(C(C)C)CC1. The number of rotatable bonds is 3. The minimum Gasteiger partial charge on any atom is -0.382 e. The first-order chi connectivity index (χ1) is 9.06. The Labute approximate surface area is 131 Å². The molecule has 106 valence electrons. The number of aryl methyl sites for hydroxylation is 1. The summed E-state index contributed by atoms with van der Waals surface area (Å²) in [4.78, 5) is 2.60. The van der Waals surface area contributed by atoms with Crippen molar-refractivity contribution in [3.8, 4) is 0 Å². The molecule has 2 rings (SSSR count). The zero-order chi connectivity index (χ0) is 13.8. The molecule has 1 aromatic carbocycles. The third-order valence-corrected chi connectivity index (χ3v) is 4.71. The molecular formula is C16H25IN2. The first kappa shape index (κ1) is 15.1. The second-order valence-electron chi connectivity index (χ2n) is 5.86. The van der Waals surface area contributed by atoms with Gasteiger partial charge in [-0.2, -0.15) is 0 Å². The molecule has 0 amide bonds. The van der Waals surface area contributed by atoms with Gasteiger partial charge in [0.25, 0.3) is 0 Å². The predicted octanol–water partition coefficient (Wildman–Crippen LogP) is 4.27. The van der Waals surface area contributed by atoms with Gasteiger partial charge in [-0.1, -0.05) is 0 Å². The van der Waals surface area contributed by atoms with Crippen LogP contribution in [0, 0.1) is 10.5 Å². The van der Waals surface area contributed by atoms with E-state index in [2.05, 4.69) is 71.8 Å². The van der Waals surface area contributed by atoms with Crippen molar-refractivity contribution < 1.29 is 0 Å². The van der Waals surface area contributed by atoms with Crippen LogP contribution in [0.5, 0.6) is 0 Å². The van der Waals surface area contributed by atoms with Crippen molar-refractivity contribution in [3.63, 3.8) is 0 Å². The summed E-state index contributed by atoms with van der Waals surface area (Å²) in [5, 5.41) is 3.75. The lowest BCUT2D eigenvalue weighted by Gasteiger charge is -2.24. The highest BCUT2D eigenvalue weighted by Crippen LogP contribution is 2.22. The first-order valence-electron chi connectivity index (χ1n) is 7.33. The fourth-order valence-electron chi connectivity index (χ4n) is 2.79. The van der Waals surface area contributed by atoms with Gasteiger partial charge < -0.3 is 10.2 Å². The summed E-state index contributed by atoms with van der Waals surface area (Å²) in [6.07, 6.45) is 3.84. The second kappa shape index (κ2) is 6.93. The van der Waals surface area contributed by atoms with Gasteiger partial charge in [0.15, 0.2) is 0 Å². The van der Waals surface area contributed by atoms with Gasteiger partial charge in [0, 0.05) is 27.9 Å². The Morgan fingerprint density at radius 3 is 2.74 bits per heavy atom. The van der Waals surface area contributed by atoms with Crippen molar-refractivity contribution in [1.82, 2.24) is 4.90 Å². The van der Waals surface area contributed by atoms with Gasteiger partial charge in [0.1, 0.15) is 0 Å². The van der Waals surface area contributed by atoms with E-state index in [1.54, 1.807) is 0 Å². The zero-order valence-corrected chi connectivity index (χ0v) is 14.4. The lowest BCUT2D eigenvalue weighted by Crippen LogP contribution is -2.32. The molecular weight excluding hydrogens is 347 g/mol. The molecule has 2 nitrogen and oxygen atoms in total. The molecule has 0 aromatic heterocycles. The Balaban J connectivity index is 1.96. The van der Waals surface area contributed by atoms with E-state index < -0.39 is 0 Å². The Kier molecular flexibility index (Phi) is 5.51. The third-order valence-electron chi connectivity index (χ3n) is 4.04. The number of hydrogen-bond donors (Lipinski definition) is 1. The lowest BCUT2D eigenvalue weighted by molar-refractivity contribution is 0.230. The second-order valence-corrected chi connectivity index (χ2v) is 7.11. The Morgan fingerprint density at radius 1 is 1.26 bits per heavy atom. The molecule has 1 aliphatic heterocycles. The quantitative estimate of drug-likeness (QED) is 0.797. The average Bonchev–Trinajstić information content (AvgIpc) is 2.58. The summed E-state index contributed by atoms with van der Waals surface area (Å²) >= 11 is 2.37. The van der Waals surface area contributed by atoms with Crippen molar-refractivity contribution in [2.45, 2.75) is 52.1 Å². The van der Waals surface area contributed by atoms with Gasteiger partial charge in [0.05, 0.1) is 0 Å². The van der Waals surface area contributed by atoms with Crippen LogP contribution < -0.4 is 5.32 Å². The highest BCUT2D eigenvalue weighted by Gasteiger charge is 2.18. The first-order valence-corrected chi connectivity index (χ1v) is 8.41. The third kappa shape index (κ3) is 4.35. The number of benzene rings is 1. The van der Waals surface area contributed by atoms with E-state index in [9.17, 15) is 0 Å². The molecule has 1 atom stereocenters. The number of hydrogen-bond acceptors (Lipinski definition) is 2. The zero-order valence-electron chi connectivity index (χ0n) is 12.2. The minimum absolute atomic E-state index is 0.627. The fraction of sp³-hybridized carbons (Fsp3) is 0.625. The van der Waals surface area contributed by atoms with Crippen molar-refractivity contribution in [1.29, 1.82) is 0 Å². The van der Waals surface area contributed by atoms with Crippen LogP contribution in [0.3, 0.4) is 0 Å². The van der Waals surface area contributed by atoms with E-state index in [1.165, 1.54) is 47.2 Å². The van der Waals surface area contributed by atoms with Crippen molar-refractivity contribution >= 4 is 28.3 Å². The van der Waals surface area contributed by atoms with Crippen LogP contribution in [0.15, 0.2) is 18.2 Å². The van der Waals surface area contributed by atoms with E-state index in [-0.39, 0.29) is 0 Å². The van der Waals surface area contributed by atoms with Crippen LogP contribution in [0.4, 0.5) is 5.69 Å². The maximum atomic E-state index is 3.75. The summed E-state index contributed by atoms with van der Waals surface area (Å²) < 4.78 is 1.31. The number of likely N-dealkylation sites (tertiary alicyclic amines) is 1. The molecule has 0 saturated carbocycles. The van der Waals surface area contributed by atoms with E-state index in [1.807, 2.05) is 0 Å². The molecule has 0 aliphatic carbocycles. The molecule has 1 heterocycles. The number of halogens is 1. The largest absolute Gasteiger partial charge is 0.382 e. The van der Waals surface area contributed by atoms with Crippen molar-refractivity contribution in [3.05, 3.63) is 27.3 Å². The molecule has 1 unspecified atom stereocenters. The highest BCUT2D eigenvalue weighted by atomic mass is 127. The van der Waals surface area contributed by atoms with Gasteiger partial charge in [-0.25, -0.2) is 0 Å². The van der Waals surface area contributed by atoms with Crippen LogP contribution in [0.25, 0.3) is 0 Å². The maximum Gasteiger partial charge on any atom is 0.0372 e. The van der Waals surface area contributed by atoms with Gasteiger partial charge in [-0.05, 0) is 92.9 Å². The van der Waals surface area contributed by atoms with Crippen LogP contribution in [0.2, 0.25) is 0 Å². The predicted molar refractivity (Wildman–Crippen MR) is 91.9 cm³/mol. The summed E-state index contributed by atoms with van der Waals surface area (Å²) in [7, 11) is 0. The monoisotopic (exact) mass is 372 g/mol. The van der Waals surface area contributed by atoms with Crippen molar-refractivity contribution in [2.24, 2.45) is 0 Å². The summed E-state index contributed by atoms with van der Waals surface area (Å²) in [6.45, 7) is 9.27. The van der Waals surface area contributed by atoms with Crippen LogP contribution in [-0.2, 0) is 0 Å². The Hall–Kier alpha value is -0.290. The van der Waals surface area contributed by atoms with E-state index >= 15 is 0 Å². The molecule has 1 aromatic rings. The van der Waals surface area contributed by atoms with Crippen LogP contribution in [0.1, 0.15) is 38.7 Å². The molecule has 19 heavy (non-hydrogen) atoms. The summed E-state index contributed by atoms with van der Waals surface area (Å²) in [5.41, 5.74) is 2.67. The van der Waals surface area contributed by atoms with Gasteiger partial charge in [-0.15, -0.1) is 0 Å². The lowest BCUT2D eigenvalue weighted by atomic mass is 10.1. The Morgan fingerprint density at radius 2 is 2.05 bits per heavy atom. The normalized spacial score (nSPS) is 21.4. The fourth-order valence-corrected chi connectivity index (χ4v) is 3.44. The molecule has 1 aliphatic rings. The molecule has 0 bridgehead atoms. The van der Waals surface area contributed by atoms with Gasteiger partial charge in [-0.3, -0.25) is 0 Å². The van der Waals surface area contributed by atoms with E-state index in [0.717, 1.165) is 0 Å². The molecule has 1 fully saturated rings. The molecule has 0 spiro atoms. The van der Waals surface area contributed by atoms with Crippen LogP contribution in [-0.4, -0.2) is 30.1 Å². The van der Waals surface area contributed by atoms with Gasteiger partial charge in [0.2, 0.25) is 0 Å². The molecule has 3 heteroatoms. The average molecular weight is 372 g/mol. The highest BCUT2D eigenvalue weighted by molar-refractivity contribution is 14.1. The number of nitrogens with one attached hydrogen (secondary N) is 1. The topological polar surface area (TPSA) is 15.3 Å². The van der Waals surface area contributed by atoms with Gasteiger partial charge >= 0.3 is 0 Å². The number of anilines is 1. The summed E-state index contributed by atoms with van der Waals surface area (Å²) in [5.74, 6) is 0. The smallest absolute Gasteiger partial charge is 0.0372 e. The minimum atomic E-state index is 0.627. The van der Waals surface area contributed by atoms with E-state index in [0.29, 0.717) is 12.1 Å². The molecule has 1 saturated heterocycles. The Bertz CT molecular complexity index is 417. The van der Waals surface area contributed by atoms with Crippen molar-refractivity contribution in [2.75, 3.05) is 18.4 Å². The number of nitrogens with zero attached hydrogens (tertiary/aromatic N) is 1. The maximum absolute atomic E-state index is 3.75.